The van der Waals surface area contributed by atoms with Gasteiger partial charge in [0.2, 0.25) is 0 Å². The Labute approximate surface area is 189 Å². The molecule has 8 heteroatoms. The third-order valence-electron chi connectivity index (χ3n) is 5.37. The Bertz CT molecular complexity index is 919. The van der Waals surface area contributed by atoms with Crippen molar-refractivity contribution in [3.8, 4) is 5.75 Å². The summed E-state index contributed by atoms with van der Waals surface area (Å²) in [5.41, 5.74) is 2.23. The average Bonchev–Trinajstić information content (AvgIpc) is 3.12. The van der Waals surface area contributed by atoms with E-state index in [-0.39, 0.29) is 18.7 Å². The van der Waals surface area contributed by atoms with Crippen LogP contribution in [0, 0.1) is 6.92 Å². The van der Waals surface area contributed by atoms with Crippen molar-refractivity contribution in [2.24, 2.45) is 0 Å². The van der Waals surface area contributed by atoms with E-state index < -0.39 is 17.8 Å². The van der Waals surface area contributed by atoms with Crippen LogP contribution in [0.5, 0.6) is 5.75 Å². The molecule has 2 atom stereocenters. The highest BCUT2D eigenvalue weighted by molar-refractivity contribution is 5.69. The fraction of sp³-hybridized carbons (Fsp3) is 0.583. The summed E-state index contributed by atoms with van der Waals surface area (Å²) in [6.07, 6.45) is 0.791. The molecule has 0 spiro atoms. The third-order valence-corrected chi connectivity index (χ3v) is 5.37. The van der Waals surface area contributed by atoms with Gasteiger partial charge in [0.05, 0.1) is 17.8 Å². The van der Waals surface area contributed by atoms with Gasteiger partial charge in [-0.05, 0) is 57.4 Å². The van der Waals surface area contributed by atoms with Crippen molar-refractivity contribution in [1.29, 1.82) is 0 Å². The number of nitrogens with one attached hydrogen (secondary N) is 1. The molecule has 1 aromatic carbocycles. The number of amides is 1. The SMILES string of the molecule is Cc1ncoc1COc1ccc2c(c1)CN(C(=O)OC(C)(C)C)[C@H]([C@H](O)CNC(C)C)C2. The minimum atomic E-state index is -0.719. The number of rotatable bonds is 7. The number of hydrogen-bond acceptors (Lipinski definition) is 7. The van der Waals surface area contributed by atoms with Gasteiger partial charge in [0, 0.05) is 19.1 Å². The van der Waals surface area contributed by atoms with Crippen molar-refractivity contribution in [1.82, 2.24) is 15.2 Å². The molecule has 0 aliphatic carbocycles. The number of ether oxygens (including phenoxy) is 2. The smallest absolute Gasteiger partial charge is 0.410 e. The van der Waals surface area contributed by atoms with E-state index in [0.717, 1.165) is 16.8 Å². The Kier molecular flexibility index (Phi) is 7.46. The number of aliphatic hydroxyl groups is 1. The molecule has 1 amide bonds. The van der Waals surface area contributed by atoms with Gasteiger partial charge in [0.15, 0.2) is 12.2 Å². The van der Waals surface area contributed by atoms with Crippen LogP contribution in [-0.4, -0.2) is 51.4 Å². The van der Waals surface area contributed by atoms with Gasteiger partial charge in [0.25, 0.3) is 0 Å². The van der Waals surface area contributed by atoms with Crippen molar-refractivity contribution in [2.45, 2.75) is 84.9 Å². The largest absolute Gasteiger partial charge is 0.486 e. The molecule has 0 saturated carbocycles. The standard InChI is InChI=1S/C24H35N3O5/c1-15(2)25-11-21(28)20-10-17-7-8-19(30-13-22-16(3)26-14-31-22)9-18(17)12-27(20)23(29)32-24(4,5)6/h7-9,14-15,20-21,25,28H,10-13H2,1-6H3/t20-,21+/m0/s1. The molecule has 1 aromatic heterocycles. The van der Waals surface area contributed by atoms with Gasteiger partial charge < -0.3 is 24.3 Å². The monoisotopic (exact) mass is 445 g/mol. The maximum Gasteiger partial charge on any atom is 0.410 e. The summed E-state index contributed by atoms with van der Waals surface area (Å²) in [5, 5.41) is 14.1. The Balaban J connectivity index is 1.79. The molecule has 32 heavy (non-hydrogen) atoms. The summed E-state index contributed by atoms with van der Waals surface area (Å²) in [4.78, 5) is 18.7. The van der Waals surface area contributed by atoms with Crippen molar-refractivity contribution in [3.05, 3.63) is 47.2 Å². The van der Waals surface area contributed by atoms with Gasteiger partial charge in [-0.25, -0.2) is 9.78 Å². The molecular weight excluding hydrogens is 410 g/mol. The zero-order chi connectivity index (χ0) is 23.5. The summed E-state index contributed by atoms with van der Waals surface area (Å²) in [6, 6.07) is 5.70. The molecule has 0 radical (unpaired) electrons. The van der Waals surface area contributed by atoms with Gasteiger partial charge in [-0.15, -0.1) is 0 Å². The van der Waals surface area contributed by atoms with Gasteiger partial charge in [0.1, 0.15) is 18.0 Å². The Morgan fingerprint density at radius 2 is 2.09 bits per heavy atom. The molecule has 2 heterocycles. The fourth-order valence-electron chi connectivity index (χ4n) is 3.65. The molecule has 0 bridgehead atoms. The molecule has 176 valence electrons. The van der Waals surface area contributed by atoms with Crippen LogP contribution in [0.25, 0.3) is 0 Å². The predicted molar refractivity (Wildman–Crippen MR) is 120 cm³/mol. The zero-order valence-corrected chi connectivity index (χ0v) is 19.8. The molecule has 2 aromatic rings. The maximum atomic E-state index is 13.0. The van der Waals surface area contributed by atoms with E-state index in [1.807, 2.05) is 59.7 Å². The van der Waals surface area contributed by atoms with Crippen LogP contribution in [0.15, 0.2) is 29.0 Å². The first-order valence-electron chi connectivity index (χ1n) is 11.1. The number of aromatic nitrogens is 1. The van der Waals surface area contributed by atoms with E-state index >= 15 is 0 Å². The van der Waals surface area contributed by atoms with E-state index in [1.54, 1.807) is 4.90 Å². The molecule has 8 nitrogen and oxygen atoms in total. The van der Waals surface area contributed by atoms with Crippen LogP contribution in [0.1, 0.15) is 57.2 Å². The van der Waals surface area contributed by atoms with Crippen LogP contribution < -0.4 is 10.1 Å². The van der Waals surface area contributed by atoms with E-state index in [4.69, 9.17) is 13.9 Å². The van der Waals surface area contributed by atoms with Crippen LogP contribution >= 0.6 is 0 Å². The molecule has 3 rings (SSSR count). The molecule has 1 aliphatic rings. The maximum absolute atomic E-state index is 13.0. The van der Waals surface area contributed by atoms with Crippen molar-refractivity contribution in [3.63, 3.8) is 0 Å². The molecule has 0 saturated heterocycles. The number of nitrogens with zero attached hydrogens (tertiary/aromatic N) is 2. The topological polar surface area (TPSA) is 97.1 Å². The summed E-state index contributed by atoms with van der Waals surface area (Å²) < 4.78 is 16.9. The van der Waals surface area contributed by atoms with Crippen LogP contribution in [0.2, 0.25) is 0 Å². The van der Waals surface area contributed by atoms with Crippen molar-refractivity contribution >= 4 is 6.09 Å². The van der Waals surface area contributed by atoms with Crippen LogP contribution in [-0.2, 0) is 24.3 Å². The number of benzene rings is 1. The highest BCUT2D eigenvalue weighted by atomic mass is 16.6. The molecule has 2 N–H and O–H groups in total. The van der Waals surface area contributed by atoms with Gasteiger partial charge >= 0.3 is 6.09 Å². The average molecular weight is 446 g/mol. The lowest BCUT2D eigenvalue weighted by atomic mass is 9.91. The normalized spacial score (nSPS) is 17.2. The highest BCUT2D eigenvalue weighted by Crippen LogP contribution is 2.30. The van der Waals surface area contributed by atoms with E-state index in [0.29, 0.717) is 31.0 Å². The van der Waals surface area contributed by atoms with E-state index in [9.17, 15) is 9.90 Å². The number of fused-ring (bicyclic) bond motifs is 1. The van der Waals surface area contributed by atoms with E-state index in [1.165, 1.54) is 6.39 Å². The molecule has 1 aliphatic heterocycles. The van der Waals surface area contributed by atoms with Crippen molar-refractivity contribution in [2.75, 3.05) is 6.54 Å². The summed E-state index contributed by atoms with van der Waals surface area (Å²) >= 11 is 0. The molecule has 0 unspecified atom stereocenters. The number of aliphatic hydroxyl groups excluding tert-OH is 1. The third kappa shape index (κ3) is 6.23. The summed E-state index contributed by atoms with van der Waals surface area (Å²) in [6.45, 7) is 12.5. The molecule has 0 fully saturated rings. The first-order valence-corrected chi connectivity index (χ1v) is 11.1. The van der Waals surface area contributed by atoms with E-state index in [2.05, 4.69) is 10.3 Å². The fourth-order valence-corrected chi connectivity index (χ4v) is 3.65. The highest BCUT2D eigenvalue weighted by Gasteiger charge is 2.37. The minimum Gasteiger partial charge on any atom is -0.486 e. The lowest BCUT2D eigenvalue weighted by molar-refractivity contribution is -0.0119. The number of aryl methyl sites for hydroxylation is 1. The summed E-state index contributed by atoms with van der Waals surface area (Å²) in [5.74, 6) is 1.36. The quantitative estimate of drug-likeness (QED) is 0.672. The second-order valence-corrected chi connectivity index (χ2v) is 9.59. The first kappa shape index (κ1) is 24.1. The predicted octanol–water partition coefficient (Wildman–Crippen LogP) is 3.58. The Hall–Kier alpha value is -2.58. The minimum absolute atomic E-state index is 0.239. The Morgan fingerprint density at radius 1 is 1.34 bits per heavy atom. The second kappa shape index (κ2) is 9.92. The lowest BCUT2D eigenvalue weighted by Gasteiger charge is -2.40. The van der Waals surface area contributed by atoms with Crippen molar-refractivity contribution < 1.29 is 23.8 Å². The number of oxazole rings is 1. The van der Waals surface area contributed by atoms with Gasteiger partial charge in [-0.3, -0.25) is 4.90 Å². The second-order valence-electron chi connectivity index (χ2n) is 9.59. The Morgan fingerprint density at radius 3 is 2.72 bits per heavy atom. The first-order chi connectivity index (χ1) is 15.0. The summed E-state index contributed by atoms with van der Waals surface area (Å²) in [7, 11) is 0. The molecular formula is C24H35N3O5. The number of hydrogen-bond donors (Lipinski definition) is 2. The van der Waals surface area contributed by atoms with Gasteiger partial charge in [-0.2, -0.15) is 0 Å². The van der Waals surface area contributed by atoms with Crippen LogP contribution in [0.3, 0.4) is 0 Å². The number of carbonyl (C=O) groups is 1. The van der Waals surface area contributed by atoms with Crippen LogP contribution in [0.4, 0.5) is 4.79 Å². The lowest BCUT2D eigenvalue weighted by Crippen LogP contribution is -2.54. The zero-order valence-electron chi connectivity index (χ0n) is 19.8. The number of carbonyl (C=O) groups excluding carboxylic acids is 1. The van der Waals surface area contributed by atoms with Gasteiger partial charge in [-0.1, -0.05) is 19.9 Å².